The first-order chi connectivity index (χ1) is 9.85. The number of hydrogen-bond acceptors (Lipinski definition) is 1. The average Bonchev–Trinajstić information content (AvgIpc) is 2.47. The molecule has 0 aromatic rings. The molecule has 0 saturated carbocycles. The van der Waals surface area contributed by atoms with Gasteiger partial charge in [-0.2, -0.15) is 0 Å². The van der Waals surface area contributed by atoms with Gasteiger partial charge in [-0.25, -0.2) is 0 Å². The van der Waals surface area contributed by atoms with Crippen LogP contribution in [0.1, 0.15) is 104 Å². The maximum Gasteiger partial charge on any atom is -0.00187 e. The second-order valence-corrected chi connectivity index (χ2v) is 6.38. The second kappa shape index (κ2) is 17.0. The van der Waals surface area contributed by atoms with E-state index in [1.54, 1.807) is 0 Å². The Bertz CT molecular complexity index is 155. The summed E-state index contributed by atoms with van der Waals surface area (Å²) in [6.45, 7) is 10.9. The summed E-state index contributed by atoms with van der Waals surface area (Å²) in [5.74, 6) is 0. The van der Waals surface area contributed by atoms with Gasteiger partial charge in [0.15, 0.2) is 0 Å². The Morgan fingerprint density at radius 3 is 1.05 bits per heavy atom. The molecule has 20 heavy (non-hydrogen) atoms. The molecule has 0 heterocycles. The Labute approximate surface area is 129 Å². The van der Waals surface area contributed by atoms with Gasteiger partial charge in [0.05, 0.1) is 0 Å². The first-order valence-corrected chi connectivity index (χ1v) is 9.57. The molecule has 1 heteroatoms. The highest BCUT2D eigenvalue weighted by Crippen LogP contribution is 2.08. The fourth-order valence-corrected chi connectivity index (χ4v) is 2.80. The zero-order chi connectivity index (χ0) is 14.9. The molecule has 0 aliphatic heterocycles. The Morgan fingerprint density at radius 2 is 0.700 bits per heavy atom. The third kappa shape index (κ3) is 14.4. The van der Waals surface area contributed by atoms with Gasteiger partial charge >= 0.3 is 0 Å². The monoisotopic (exact) mass is 283 g/mol. The molecule has 0 unspecified atom stereocenters. The van der Waals surface area contributed by atoms with E-state index in [1.807, 2.05) is 0 Å². The topological polar surface area (TPSA) is 3.24 Å². The molecule has 0 spiro atoms. The van der Waals surface area contributed by atoms with Crippen LogP contribution in [-0.2, 0) is 0 Å². The van der Waals surface area contributed by atoms with E-state index in [0.29, 0.717) is 0 Å². The standard InChI is InChI=1S/C19H41N/c1-4-7-10-13-16-19-20(17-14-11-8-5-2)18-15-12-9-6-3/h4-19H2,1-3H3. The molecule has 0 N–H and O–H groups in total. The van der Waals surface area contributed by atoms with Crippen LogP contribution in [-0.4, -0.2) is 24.5 Å². The summed E-state index contributed by atoms with van der Waals surface area (Å²) in [5.41, 5.74) is 0. The van der Waals surface area contributed by atoms with Crippen LogP contribution in [0.5, 0.6) is 0 Å². The van der Waals surface area contributed by atoms with Crippen molar-refractivity contribution in [2.45, 2.75) is 104 Å². The highest BCUT2D eigenvalue weighted by molar-refractivity contribution is 4.59. The summed E-state index contributed by atoms with van der Waals surface area (Å²) in [5, 5.41) is 0. The lowest BCUT2D eigenvalue weighted by molar-refractivity contribution is 0.254. The van der Waals surface area contributed by atoms with Crippen molar-refractivity contribution < 1.29 is 0 Å². The van der Waals surface area contributed by atoms with E-state index in [2.05, 4.69) is 25.7 Å². The smallest absolute Gasteiger partial charge is 0.00187 e. The molecule has 0 atom stereocenters. The molecule has 0 aromatic heterocycles. The van der Waals surface area contributed by atoms with Crippen molar-refractivity contribution in [2.75, 3.05) is 19.6 Å². The summed E-state index contributed by atoms with van der Waals surface area (Å²) >= 11 is 0. The summed E-state index contributed by atoms with van der Waals surface area (Å²) in [6.07, 6.45) is 18.3. The van der Waals surface area contributed by atoms with Crippen LogP contribution in [0.4, 0.5) is 0 Å². The predicted molar refractivity (Wildman–Crippen MR) is 93.5 cm³/mol. The molecule has 0 saturated heterocycles. The number of hydrogen-bond donors (Lipinski definition) is 0. The normalized spacial score (nSPS) is 11.4. The van der Waals surface area contributed by atoms with Crippen molar-refractivity contribution in [2.24, 2.45) is 0 Å². The van der Waals surface area contributed by atoms with Crippen LogP contribution in [0.15, 0.2) is 0 Å². The maximum absolute atomic E-state index is 2.75. The molecular formula is C19H41N. The molecule has 0 aliphatic carbocycles. The van der Waals surface area contributed by atoms with Gasteiger partial charge in [-0.3, -0.25) is 0 Å². The number of nitrogens with zero attached hydrogens (tertiary/aromatic N) is 1. The SMILES string of the molecule is CCCCCCCN(CCCCCC)CCCCCC. The van der Waals surface area contributed by atoms with Crippen LogP contribution < -0.4 is 0 Å². The minimum absolute atomic E-state index is 1.35. The molecule has 0 bridgehead atoms. The summed E-state index contributed by atoms with van der Waals surface area (Å²) < 4.78 is 0. The van der Waals surface area contributed by atoms with Gasteiger partial charge in [-0.15, -0.1) is 0 Å². The van der Waals surface area contributed by atoms with Crippen molar-refractivity contribution in [1.29, 1.82) is 0 Å². The summed E-state index contributed by atoms with van der Waals surface area (Å²) in [4.78, 5) is 2.75. The Hall–Kier alpha value is -0.0400. The van der Waals surface area contributed by atoms with Crippen molar-refractivity contribution >= 4 is 0 Å². The van der Waals surface area contributed by atoms with Crippen molar-refractivity contribution in [3.05, 3.63) is 0 Å². The van der Waals surface area contributed by atoms with Crippen molar-refractivity contribution in [1.82, 2.24) is 4.90 Å². The van der Waals surface area contributed by atoms with Gasteiger partial charge < -0.3 is 4.90 Å². The van der Waals surface area contributed by atoms with Crippen molar-refractivity contribution in [3.63, 3.8) is 0 Å². The first-order valence-electron chi connectivity index (χ1n) is 9.57. The molecule has 0 aliphatic rings. The quantitative estimate of drug-likeness (QED) is 0.295. The minimum atomic E-state index is 1.35. The summed E-state index contributed by atoms with van der Waals surface area (Å²) in [6, 6.07) is 0. The van der Waals surface area contributed by atoms with E-state index in [1.165, 1.54) is 103 Å². The van der Waals surface area contributed by atoms with Gasteiger partial charge in [-0.1, -0.05) is 85.0 Å². The Morgan fingerprint density at radius 1 is 0.400 bits per heavy atom. The summed E-state index contributed by atoms with van der Waals surface area (Å²) in [7, 11) is 0. The van der Waals surface area contributed by atoms with E-state index in [4.69, 9.17) is 0 Å². The number of unbranched alkanes of at least 4 members (excludes halogenated alkanes) is 10. The van der Waals surface area contributed by atoms with Crippen molar-refractivity contribution in [3.8, 4) is 0 Å². The fraction of sp³-hybridized carbons (Fsp3) is 1.00. The third-order valence-electron chi connectivity index (χ3n) is 4.23. The van der Waals surface area contributed by atoms with Gasteiger partial charge in [0.25, 0.3) is 0 Å². The Balaban J connectivity index is 3.67. The van der Waals surface area contributed by atoms with E-state index >= 15 is 0 Å². The lowest BCUT2D eigenvalue weighted by atomic mass is 10.1. The van der Waals surface area contributed by atoms with Gasteiger partial charge in [-0.05, 0) is 38.9 Å². The zero-order valence-corrected chi connectivity index (χ0v) is 14.8. The molecule has 0 rings (SSSR count). The lowest BCUT2D eigenvalue weighted by Crippen LogP contribution is -2.27. The van der Waals surface area contributed by atoms with Crippen LogP contribution in [0.25, 0.3) is 0 Å². The highest BCUT2D eigenvalue weighted by atomic mass is 15.1. The van der Waals surface area contributed by atoms with Crippen LogP contribution in [0.2, 0.25) is 0 Å². The molecule has 0 amide bonds. The zero-order valence-electron chi connectivity index (χ0n) is 14.8. The maximum atomic E-state index is 2.75. The fourth-order valence-electron chi connectivity index (χ4n) is 2.80. The predicted octanol–water partition coefficient (Wildman–Crippen LogP) is 6.42. The van der Waals surface area contributed by atoms with Gasteiger partial charge in [0.2, 0.25) is 0 Å². The van der Waals surface area contributed by atoms with Gasteiger partial charge in [0, 0.05) is 0 Å². The Kier molecular flexibility index (Phi) is 17.0. The molecule has 0 aromatic carbocycles. The van der Waals surface area contributed by atoms with E-state index in [9.17, 15) is 0 Å². The number of rotatable bonds is 16. The molecule has 0 radical (unpaired) electrons. The minimum Gasteiger partial charge on any atom is -0.303 e. The largest absolute Gasteiger partial charge is 0.303 e. The van der Waals surface area contributed by atoms with E-state index < -0.39 is 0 Å². The molecule has 0 fully saturated rings. The third-order valence-corrected chi connectivity index (χ3v) is 4.23. The lowest BCUT2D eigenvalue weighted by Gasteiger charge is -2.22. The van der Waals surface area contributed by atoms with E-state index in [0.717, 1.165) is 0 Å². The molecule has 1 nitrogen and oxygen atoms in total. The first kappa shape index (κ1) is 20.0. The van der Waals surface area contributed by atoms with E-state index in [-0.39, 0.29) is 0 Å². The average molecular weight is 284 g/mol. The molecular weight excluding hydrogens is 242 g/mol. The molecule has 122 valence electrons. The second-order valence-electron chi connectivity index (χ2n) is 6.38. The highest BCUT2D eigenvalue weighted by Gasteiger charge is 2.04. The van der Waals surface area contributed by atoms with Crippen LogP contribution in [0, 0.1) is 0 Å². The van der Waals surface area contributed by atoms with Gasteiger partial charge in [0.1, 0.15) is 0 Å². The van der Waals surface area contributed by atoms with Crippen LogP contribution in [0.3, 0.4) is 0 Å². The van der Waals surface area contributed by atoms with Crippen LogP contribution >= 0.6 is 0 Å².